The smallest absolute Gasteiger partial charge is 0.303 e. The van der Waals surface area contributed by atoms with Crippen molar-refractivity contribution in [3.05, 3.63) is 29.8 Å². The van der Waals surface area contributed by atoms with Gasteiger partial charge in [0.15, 0.2) is 5.75 Å². The summed E-state index contributed by atoms with van der Waals surface area (Å²) in [7, 11) is 0. The lowest BCUT2D eigenvalue weighted by atomic mass is 10.2. The van der Waals surface area contributed by atoms with Gasteiger partial charge in [-0.25, -0.2) is 15.0 Å². The van der Waals surface area contributed by atoms with E-state index in [9.17, 15) is 13.6 Å². The normalized spacial score (nSPS) is 17.2. The Morgan fingerprint density at radius 3 is 2.76 bits per heavy atom. The largest absolute Gasteiger partial charge is 0.487 e. The molecule has 2 N–H and O–H groups in total. The highest BCUT2D eigenvalue weighted by Crippen LogP contribution is 2.31. The molecule has 0 radical (unpaired) electrons. The highest BCUT2D eigenvalue weighted by Gasteiger charge is 2.29. The fraction of sp³-hybridized carbons (Fsp3) is 0.545. The number of carbonyl (C=O) groups is 1. The van der Waals surface area contributed by atoms with E-state index in [0.29, 0.717) is 29.8 Å². The van der Waals surface area contributed by atoms with Crippen molar-refractivity contribution in [1.29, 1.82) is 0 Å². The zero-order valence-corrected chi connectivity index (χ0v) is 19.5. The van der Waals surface area contributed by atoms with Crippen molar-refractivity contribution in [3.63, 3.8) is 0 Å². The second-order valence-corrected chi connectivity index (χ2v) is 8.37. The summed E-state index contributed by atoms with van der Waals surface area (Å²) >= 11 is 0. The maximum absolute atomic E-state index is 13.8. The van der Waals surface area contributed by atoms with Gasteiger partial charge in [-0.3, -0.25) is 9.69 Å². The number of nitrogens with one attached hydrogen (secondary N) is 2. The van der Waals surface area contributed by atoms with Gasteiger partial charge in [0.05, 0.1) is 18.5 Å². The maximum Gasteiger partial charge on any atom is 0.303 e. The zero-order valence-electron chi connectivity index (χ0n) is 19.5. The number of halogens is 2. The number of anilines is 3. The molecule has 0 saturated carbocycles. The molecule has 0 spiro atoms. The number of aryl methyl sites for hydroxylation is 1. The predicted octanol–water partition coefficient (Wildman–Crippen LogP) is 3.48. The summed E-state index contributed by atoms with van der Waals surface area (Å²) in [5, 5.41) is 5.60. The van der Waals surface area contributed by atoms with Crippen molar-refractivity contribution < 1.29 is 23.0 Å². The molecule has 11 heteroatoms. The summed E-state index contributed by atoms with van der Waals surface area (Å²) in [4.78, 5) is 25.7. The lowest BCUT2D eigenvalue weighted by molar-refractivity contribution is -0.114. The molecule has 2 aromatic rings. The van der Waals surface area contributed by atoms with Crippen molar-refractivity contribution >= 4 is 23.2 Å². The first-order valence-corrected chi connectivity index (χ1v) is 10.8. The van der Waals surface area contributed by atoms with Crippen LogP contribution in [0.15, 0.2) is 18.3 Å². The molecule has 1 fully saturated rings. The van der Waals surface area contributed by atoms with E-state index >= 15 is 0 Å². The Morgan fingerprint density at radius 2 is 2.09 bits per heavy atom. The van der Waals surface area contributed by atoms with Crippen LogP contribution in [0.1, 0.15) is 39.2 Å². The molecule has 33 heavy (non-hydrogen) atoms. The molecule has 3 rings (SSSR count). The van der Waals surface area contributed by atoms with Crippen LogP contribution < -0.4 is 15.4 Å². The van der Waals surface area contributed by atoms with E-state index in [1.54, 1.807) is 19.1 Å². The number of amides is 1. The molecular weight excluding hydrogens is 434 g/mol. The number of alkyl halides is 2. The molecule has 0 aliphatic carbocycles. The van der Waals surface area contributed by atoms with Gasteiger partial charge < -0.3 is 20.1 Å². The second kappa shape index (κ2) is 10.3. The van der Waals surface area contributed by atoms with Crippen LogP contribution in [0.25, 0.3) is 0 Å². The van der Waals surface area contributed by atoms with Gasteiger partial charge >= 0.3 is 5.92 Å². The molecule has 9 nitrogen and oxygen atoms in total. The number of nitrogens with zero attached hydrogens (tertiary/aromatic N) is 4. The lowest BCUT2D eigenvalue weighted by Gasteiger charge is -2.35. The van der Waals surface area contributed by atoms with E-state index in [0.717, 1.165) is 20.0 Å². The van der Waals surface area contributed by atoms with Gasteiger partial charge in [-0.1, -0.05) is 0 Å². The van der Waals surface area contributed by atoms with Crippen LogP contribution in [0.2, 0.25) is 0 Å². The van der Waals surface area contributed by atoms with Crippen LogP contribution in [0.5, 0.6) is 5.75 Å². The number of morpholine rings is 1. The molecule has 1 aliphatic rings. The van der Waals surface area contributed by atoms with Crippen LogP contribution in [-0.2, 0) is 15.5 Å². The third-order valence-corrected chi connectivity index (χ3v) is 5.01. The Labute approximate surface area is 191 Å². The quantitative estimate of drug-likeness (QED) is 0.612. The van der Waals surface area contributed by atoms with Crippen molar-refractivity contribution in [2.75, 3.05) is 36.9 Å². The Bertz CT molecular complexity index is 983. The first kappa shape index (κ1) is 24.7. The Morgan fingerprint density at radius 1 is 1.33 bits per heavy atom. The predicted molar refractivity (Wildman–Crippen MR) is 120 cm³/mol. The van der Waals surface area contributed by atoms with Crippen LogP contribution in [0.3, 0.4) is 0 Å². The molecular formula is C22H30F2N6O3. The second-order valence-electron chi connectivity index (χ2n) is 8.37. The molecule has 2 aromatic heterocycles. The maximum atomic E-state index is 13.8. The van der Waals surface area contributed by atoms with Crippen molar-refractivity contribution in [2.24, 2.45) is 0 Å². The molecule has 1 unspecified atom stereocenters. The van der Waals surface area contributed by atoms with Gasteiger partial charge in [0, 0.05) is 50.8 Å². The zero-order chi connectivity index (χ0) is 24.2. The summed E-state index contributed by atoms with van der Waals surface area (Å²) in [6, 6.07) is 3.50. The molecule has 0 aromatic carbocycles. The van der Waals surface area contributed by atoms with Crippen molar-refractivity contribution in [1.82, 2.24) is 19.9 Å². The van der Waals surface area contributed by atoms with Gasteiger partial charge in [0.1, 0.15) is 24.3 Å². The van der Waals surface area contributed by atoms with Crippen molar-refractivity contribution in [2.45, 2.75) is 52.7 Å². The Balaban J connectivity index is 1.83. The molecule has 1 amide bonds. The SMILES string of the molecule is CC(=O)Nc1cc(Nc2cc(C)nc(C(C)(F)F)n2)c(OCC2CN(C(C)C)CCO2)cn1. The summed E-state index contributed by atoms with van der Waals surface area (Å²) in [6.07, 6.45) is 1.33. The third-order valence-electron chi connectivity index (χ3n) is 5.01. The summed E-state index contributed by atoms with van der Waals surface area (Å²) in [5.41, 5.74) is 0.792. The van der Waals surface area contributed by atoms with Gasteiger partial charge in [0.25, 0.3) is 0 Å². The molecule has 180 valence electrons. The van der Waals surface area contributed by atoms with Crippen LogP contribution in [0.4, 0.5) is 26.1 Å². The number of hydrogen-bond donors (Lipinski definition) is 2. The number of carbonyl (C=O) groups excluding carboxylic acids is 1. The third kappa shape index (κ3) is 7.03. The monoisotopic (exact) mass is 464 g/mol. The number of pyridine rings is 1. The van der Waals surface area contributed by atoms with E-state index in [1.807, 2.05) is 0 Å². The average molecular weight is 465 g/mol. The lowest BCUT2D eigenvalue weighted by Crippen LogP contribution is -2.47. The minimum Gasteiger partial charge on any atom is -0.487 e. The van der Waals surface area contributed by atoms with Gasteiger partial charge in [-0.15, -0.1) is 0 Å². The molecule has 1 saturated heterocycles. The van der Waals surface area contributed by atoms with Crippen molar-refractivity contribution in [3.8, 4) is 5.75 Å². The molecule has 1 aliphatic heterocycles. The fourth-order valence-corrected chi connectivity index (χ4v) is 3.37. The van der Waals surface area contributed by atoms with E-state index in [1.165, 1.54) is 13.1 Å². The molecule has 1 atom stereocenters. The number of aromatic nitrogens is 3. The minimum absolute atomic E-state index is 0.129. The number of rotatable bonds is 8. The average Bonchev–Trinajstić information content (AvgIpc) is 2.72. The summed E-state index contributed by atoms with van der Waals surface area (Å²) in [5.74, 6) is -3.25. The standard InChI is InChI=1S/C22H30F2N6O3/c1-13(2)30-6-7-32-16(11-30)12-33-18-10-25-19(27-15(4)31)9-17(18)28-20-8-14(3)26-21(29-20)22(5,23)24/h8-10,13,16H,6-7,11-12H2,1-5H3,(H2,25,26,27,28,29,31). The first-order chi connectivity index (χ1) is 15.5. The van der Waals surface area contributed by atoms with Gasteiger partial charge in [-0.05, 0) is 20.8 Å². The highest BCUT2D eigenvalue weighted by atomic mass is 19.3. The van der Waals surface area contributed by atoms with Gasteiger partial charge in [0.2, 0.25) is 11.7 Å². The van der Waals surface area contributed by atoms with Crippen LogP contribution >= 0.6 is 0 Å². The van der Waals surface area contributed by atoms with E-state index in [4.69, 9.17) is 9.47 Å². The van der Waals surface area contributed by atoms with E-state index < -0.39 is 11.7 Å². The van der Waals surface area contributed by atoms with Gasteiger partial charge in [-0.2, -0.15) is 8.78 Å². The Hall–Kier alpha value is -2.92. The minimum atomic E-state index is -3.19. The topological polar surface area (TPSA) is 102 Å². The van der Waals surface area contributed by atoms with Crippen LogP contribution in [-0.4, -0.2) is 64.2 Å². The fourth-order valence-electron chi connectivity index (χ4n) is 3.37. The molecule has 3 heterocycles. The van der Waals surface area contributed by atoms with E-state index in [-0.39, 0.29) is 30.3 Å². The number of ether oxygens (including phenoxy) is 2. The highest BCUT2D eigenvalue weighted by molar-refractivity contribution is 5.88. The van der Waals surface area contributed by atoms with Crippen LogP contribution in [0, 0.1) is 6.92 Å². The summed E-state index contributed by atoms with van der Waals surface area (Å²) in [6.45, 7) is 10.5. The first-order valence-electron chi connectivity index (χ1n) is 10.8. The summed E-state index contributed by atoms with van der Waals surface area (Å²) < 4.78 is 39.4. The van der Waals surface area contributed by atoms with E-state index in [2.05, 4.69) is 44.3 Å². The molecule has 0 bridgehead atoms. The Kier molecular flexibility index (Phi) is 7.75. The number of hydrogen-bond acceptors (Lipinski definition) is 8.